The number of carbonyl (C=O) groups is 1. The third-order valence-corrected chi connectivity index (χ3v) is 3.54. The van der Waals surface area contributed by atoms with Gasteiger partial charge in [0.05, 0.1) is 5.69 Å². The number of aryl methyl sites for hydroxylation is 2. The summed E-state index contributed by atoms with van der Waals surface area (Å²) < 4.78 is 0. The molecule has 0 fully saturated rings. The van der Waals surface area contributed by atoms with E-state index in [2.05, 4.69) is 11.9 Å². The molecular weight excluding hydrogens is 276 g/mol. The molecule has 0 aliphatic carbocycles. The van der Waals surface area contributed by atoms with Crippen molar-refractivity contribution in [3.8, 4) is 0 Å². The lowest BCUT2D eigenvalue weighted by molar-refractivity contribution is 0.249. The second-order valence-corrected chi connectivity index (χ2v) is 5.09. The molecule has 1 aromatic carbocycles. The van der Waals surface area contributed by atoms with Crippen molar-refractivity contribution in [1.82, 2.24) is 10.2 Å². The summed E-state index contributed by atoms with van der Waals surface area (Å²) in [5.41, 5.74) is 2.99. The first-order valence-electron chi connectivity index (χ1n) is 7.55. The highest BCUT2D eigenvalue weighted by molar-refractivity contribution is 6.03. The van der Waals surface area contributed by atoms with Gasteiger partial charge in [0.1, 0.15) is 0 Å². The van der Waals surface area contributed by atoms with Crippen LogP contribution in [0.1, 0.15) is 25.0 Å². The predicted molar refractivity (Wildman–Crippen MR) is 92.6 cm³/mol. The average molecular weight is 302 g/mol. The molecule has 0 saturated carbocycles. The molecule has 2 N–H and O–H groups in total. The third kappa shape index (κ3) is 4.10. The maximum atomic E-state index is 12.5. The molecule has 1 aromatic rings. The fourth-order valence-corrected chi connectivity index (χ4v) is 2.42. The van der Waals surface area contributed by atoms with E-state index in [-0.39, 0.29) is 12.0 Å². The zero-order valence-electron chi connectivity index (χ0n) is 13.9. The van der Waals surface area contributed by atoms with E-state index < -0.39 is 0 Å². The van der Waals surface area contributed by atoms with Crippen molar-refractivity contribution in [1.29, 1.82) is 5.41 Å². The molecule has 22 heavy (non-hydrogen) atoms. The molecule has 0 bridgehead atoms. The number of para-hydroxylation sites is 1. The number of nitrogens with zero attached hydrogens (tertiary/aromatic N) is 2. The molecule has 0 unspecified atom stereocenters. The number of hydrogen-bond acceptors (Lipinski definition) is 2. The molecule has 120 valence electrons. The normalized spacial score (nSPS) is 10.0. The quantitative estimate of drug-likeness (QED) is 0.498. The van der Waals surface area contributed by atoms with E-state index in [4.69, 9.17) is 5.41 Å². The summed E-state index contributed by atoms with van der Waals surface area (Å²) in [7, 11) is 0. The van der Waals surface area contributed by atoms with E-state index in [1.165, 1.54) is 0 Å². The summed E-state index contributed by atoms with van der Waals surface area (Å²) in [5.74, 6) is 0.0945. The summed E-state index contributed by atoms with van der Waals surface area (Å²) in [6.45, 7) is 13.2. The van der Waals surface area contributed by atoms with Crippen LogP contribution in [0.2, 0.25) is 0 Å². The predicted octanol–water partition coefficient (Wildman–Crippen LogP) is 3.28. The lowest BCUT2D eigenvalue weighted by Gasteiger charge is -2.28. The Bertz CT molecular complexity index is 533. The van der Waals surface area contributed by atoms with E-state index in [1.54, 1.807) is 15.9 Å². The summed E-state index contributed by atoms with van der Waals surface area (Å²) in [6, 6.07) is 5.66. The highest BCUT2D eigenvalue weighted by Crippen LogP contribution is 2.24. The molecule has 0 atom stereocenters. The molecule has 5 nitrogen and oxygen atoms in total. The van der Waals surface area contributed by atoms with Crippen molar-refractivity contribution in [2.75, 3.05) is 24.5 Å². The van der Waals surface area contributed by atoms with Crippen molar-refractivity contribution >= 4 is 17.7 Å². The summed E-state index contributed by atoms with van der Waals surface area (Å²) in [6.07, 6.45) is 1.72. The number of guanidine groups is 1. The minimum atomic E-state index is -0.285. The Balaban J connectivity index is 2.94. The highest BCUT2D eigenvalue weighted by atomic mass is 16.2. The number of anilines is 1. The van der Waals surface area contributed by atoms with Crippen molar-refractivity contribution in [3.63, 3.8) is 0 Å². The Labute approximate surface area is 133 Å². The molecule has 0 radical (unpaired) electrons. The number of benzene rings is 1. The van der Waals surface area contributed by atoms with Gasteiger partial charge in [-0.15, -0.1) is 6.58 Å². The molecule has 0 aliphatic heterocycles. The minimum Gasteiger partial charge on any atom is -0.339 e. The van der Waals surface area contributed by atoms with Gasteiger partial charge in [-0.3, -0.25) is 15.6 Å². The maximum Gasteiger partial charge on any atom is 0.328 e. The number of nitrogens with one attached hydrogen (secondary N) is 2. The Kier molecular flexibility index (Phi) is 6.63. The number of urea groups is 1. The largest absolute Gasteiger partial charge is 0.339 e. The second kappa shape index (κ2) is 8.22. The number of carbonyl (C=O) groups excluding carboxylic acids is 1. The van der Waals surface area contributed by atoms with Gasteiger partial charge < -0.3 is 4.90 Å². The zero-order valence-corrected chi connectivity index (χ0v) is 13.9. The SMILES string of the molecule is C=CCN(CC)C(=N)NC(=O)N(CC)c1c(C)cccc1C. The van der Waals surface area contributed by atoms with E-state index in [0.29, 0.717) is 19.6 Å². The fourth-order valence-electron chi connectivity index (χ4n) is 2.42. The highest BCUT2D eigenvalue weighted by Gasteiger charge is 2.20. The first-order chi connectivity index (χ1) is 10.5. The summed E-state index contributed by atoms with van der Waals surface area (Å²) in [4.78, 5) is 15.9. The van der Waals surface area contributed by atoms with E-state index >= 15 is 0 Å². The van der Waals surface area contributed by atoms with Crippen molar-refractivity contribution in [2.24, 2.45) is 0 Å². The van der Waals surface area contributed by atoms with Crippen LogP contribution in [0.3, 0.4) is 0 Å². The van der Waals surface area contributed by atoms with Gasteiger partial charge in [0.15, 0.2) is 5.96 Å². The van der Waals surface area contributed by atoms with Crippen LogP contribution in [0, 0.1) is 19.3 Å². The average Bonchev–Trinajstić information content (AvgIpc) is 2.48. The van der Waals surface area contributed by atoms with Crippen LogP contribution in [-0.2, 0) is 0 Å². The van der Waals surface area contributed by atoms with Crippen LogP contribution in [0.5, 0.6) is 0 Å². The second-order valence-electron chi connectivity index (χ2n) is 5.09. The van der Waals surface area contributed by atoms with Gasteiger partial charge in [-0.1, -0.05) is 24.3 Å². The third-order valence-electron chi connectivity index (χ3n) is 3.54. The monoisotopic (exact) mass is 302 g/mol. The van der Waals surface area contributed by atoms with Gasteiger partial charge in [0.2, 0.25) is 0 Å². The molecule has 2 amide bonds. The van der Waals surface area contributed by atoms with Crippen molar-refractivity contribution < 1.29 is 4.79 Å². The number of rotatable bonds is 5. The van der Waals surface area contributed by atoms with Gasteiger partial charge in [-0.2, -0.15) is 0 Å². The Hall–Kier alpha value is -2.30. The Morgan fingerprint density at radius 2 is 1.86 bits per heavy atom. The van der Waals surface area contributed by atoms with Crippen molar-refractivity contribution in [2.45, 2.75) is 27.7 Å². The minimum absolute atomic E-state index is 0.0945. The molecule has 0 aliphatic rings. The lowest BCUT2D eigenvalue weighted by atomic mass is 10.1. The maximum absolute atomic E-state index is 12.5. The van der Waals surface area contributed by atoms with Crippen LogP contribution >= 0.6 is 0 Å². The fraction of sp³-hybridized carbons (Fsp3) is 0.412. The topological polar surface area (TPSA) is 59.4 Å². The Morgan fingerprint density at radius 3 is 2.32 bits per heavy atom. The first kappa shape index (κ1) is 17.8. The van der Waals surface area contributed by atoms with Gasteiger partial charge in [0, 0.05) is 19.6 Å². The molecule has 1 rings (SSSR count). The van der Waals surface area contributed by atoms with Gasteiger partial charge in [-0.05, 0) is 38.8 Å². The molecule has 0 heterocycles. The smallest absolute Gasteiger partial charge is 0.328 e. The lowest BCUT2D eigenvalue weighted by Crippen LogP contribution is -2.49. The van der Waals surface area contributed by atoms with E-state index in [1.807, 2.05) is 45.9 Å². The number of likely N-dealkylation sites (N-methyl/N-ethyl adjacent to an activating group) is 1. The van der Waals surface area contributed by atoms with Gasteiger partial charge in [-0.25, -0.2) is 4.79 Å². The van der Waals surface area contributed by atoms with Crippen LogP contribution in [0.25, 0.3) is 0 Å². The van der Waals surface area contributed by atoms with Gasteiger partial charge in [0.25, 0.3) is 0 Å². The van der Waals surface area contributed by atoms with Crippen LogP contribution < -0.4 is 10.2 Å². The summed E-state index contributed by atoms with van der Waals surface area (Å²) in [5, 5.41) is 10.7. The summed E-state index contributed by atoms with van der Waals surface area (Å²) >= 11 is 0. The van der Waals surface area contributed by atoms with Crippen molar-refractivity contribution in [3.05, 3.63) is 42.0 Å². The number of amides is 2. The van der Waals surface area contributed by atoms with E-state index in [0.717, 1.165) is 16.8 Å². The first-order valence-corrected chi connectivity index (χ1v) is 7.55. The standard InChI is InChI=1S/C17H26N4O/c1-6-12-20(7-2)16(18)19-17(22)21(8-3)15-13(4)10-9-11-14(15)5/h6,9-11H,1,7-8,12H2,2-5H3,(H2,18,19,22). The number of hydrogen-bond donors (Lipinski definition) is 2. The zero-order chi connectivity index (χ0) is 16.7. The van der Waals surface area contributed by atoms with Gasteiger partial charge >= 0.3 is 6.03 Å². The molecular formula is C17H26N4O. The molecule has 0 spiro atoms. The van der Waals surface area contributed by atoms with Crippen LogP contribution in [-0.4, -0.2) is 36.5 Å². The molecule has 5 heteroatoms. The van der Waals surface area contributed by atoms with E-state index in [9.17, 15) is 4.79 Å². The molecule has 0 saturated heterocycles. The Morgan fingerprint density at radius 1 is 1.27 bits per heavy atom. The molecule has 0 aromatic heterocycles. The van der Waals surface area contributed by atoms with Crippen LogP contribution in [0.4, 0.5) is 10.5 Å². The van der Waals surface area contributed by atoms with Crippen LogP contribution in [0.15, 0.2) is 30.9 Å².